The predicted octanol–water partition coefficient (Wildman–Crippen LogP) is 4.54. The lowest BCUT2D eigenvalue weighted by Crippen LogP contribution is -2.34. The molecule has 1 aliphatic heterocycles. The van der Waals surface area contributed by atoms with E-state index in [4.69, 9.17) is 4.52 Å². The van der Waals surface area contributed by atoms with E-state index in [1.54, 1.807) is 0 Å². The third kappa shape index (κ3) is 3.18. The van der Waals surface area contributed by atoms with Crippen molar-refractivity contribution in [3.63, 3.8) is 0 Å². The molecule has 0 aromatic carbocycles. The Morgan fingerprint density at radius 2 is 2.21 bits per heavy atom. The molecule has 4 heterocycles. The monoisotopic (exact) mass is 359 g/mol. The Kier molecular flexibility index (Phi) is 4.52. The summed E-state index contributed by atoms with van der Waals surface area (Å²) in [6.45, 7) is 6.08. The third-order valence-electron chi connectivity index (χ3n) is 4.32. The Hall–Kier alpha value is -1.50. The summed E-state index contributed by atoms with van der Waals surface area (Å²) in [5, 5.41) is 8.50. The first-order valence-corrected chi connectivity index (χ1v) is 10.1. The summed E-state index contributed by atoms with van der Waals surface area (Å²) in [5.74, 6) is 2.09. The van der Waals surface area contributed by atoms with Crippen LogP contribution in [0.4, 0.5) is 0 Å². The van der Waals surface area contributed by atoms with Crippen LogP contribution in [0, 0.1) is 5.92 Å². The summed E-state index contributed by atoms with van der Waals surface area (Å²) in [5.41, 5.74) is 1.44. The average molecular weight is 360 g/mol. The van der Waals surface area contributed by atoms with E-state index in [1.165, 1.54) is 15.3 Å². The highest BCUT2D eigenvalue weighted by Crippen LogP contribution is 2.39. The number of hydrogen-bond acceptors (Lipinski definition) is 6. The predicted molar refractivity (Wildman–Crippen MR) is 97.4 cm³/mol. The topological polar surface area (TPSA) is 42.2 Å². The average Bonchev–Trinajstić information content (AvgIpc) is 3.27. The lowest BCUT2D eigenvalue weighted by molar-refractivity contribution is 0.181. The molecule has 3 aromatic rings. The summed E-state index contributed by atoms with van der Waals surface area (Å²) in [6.07, 6.45) is 1.97. The van der Waals surface area contributed by atoms with Gasteiger partial charge < -0.3 is 4.52 Å². The van der Waals surface area contributed by atoms with Crippen molar-refractivity contribution >= 4 is 22.7 Å². The highest BCUT2D eigenvalue weighted by Gasteiger charge is 2.31. The molecule has 0 spiro atoms. The van der Waals surface area contributed by atoms with E-state index in [9.17, 15) is 0 Å². The molecule has 3 aromatic heterocycles. The van der Waals surface area contributed by atoms with Crippen LogP contribution in [0.25, 0.3) is 0 Å². The maximum absolute atomic E-state index is 5.51. The molecule has 0 radical (unpaired) electrons. The molecular weight excluding hydrogens is 338 g/mol. The zero-order chi connectivity index (χ0) is 16.5. The Labute approximate surface area is 150 Å². The van der Waals surface area contributed by atoms with Crippen LogP contribution in [0.3, 0.4) is 0 Å². The Morgan fingerprint density at radius 3 is 3.00 bits per heavy atom. The molecule has 126 valence electrons. The van der Waals surface area contributed by atoms with Gasteiger partial charge in [0.05, 0.1) is 12.6 Å². The van der Waals surface area contributed by atoms with Gasteiger partial charge in [-0.15, -0.1) is 22.7 Å². The largest absolute Gasteiger partial charge is 0.338 e. The molecule has 0 bridgehead atoms. The number of nitrogens with zero attached hydrogens (tertiary/aromatic N) is 3. The van der Waals surface area contributed by atoms with Gasteiger partial charge >= 0.3 is 0 Å². The number of fused-ring (bicyclic) bond motifs is 1. The molecule has 0 fully saturated rings. The number of rotatable bonds is 5. The van der Waals surface area contributed by atoms with Gasteiger partial charge in [-0.2, -0.15) is 4.98 Å². The van der Waals surface area contributed by atoms with E-state index in [0.29, 0.717) is 18.5 Å². The zero-order valence-corrected chi connectivity index (χ0v) is 15.6. The van der Waals surface area contributed by atoms with Crippen LogP contribution in [0.5, 0.6) is 0 Å². The third-order valence-corrected chi connectivity index (χ3v) is 6.24. The first-order chi connectivity index (χ1) is 11.7. The Bertz CT molecular complexity index is 791. The normalized spacial score (nSPS) is 18.2. The molecule has 24 heavy (non-hydrogen) atoms. The van der Waals surface area contributed by atoms with Crippen LogP contribution in [-0.4, -0.2) is 21.6 Å². The molecule has 4 rings (SSSR count). The second-order valence-electron chi connectivity index (χ2n) is 6.64. The van der Waals surface area contributed by atoms with E-state index < -0.39 is 0 Å². The summed E-state index contributed by atoms with van der Waals surface area (Å²) in [4.78, 5) is 9.95. The van der Waals surface area contributed by atoms with Crippen molar-refractivity contribution in [2.45, 2.75) is 39.3 Å². The number of aromatic nitrogens is 2. The second kappa shape index (κ2) is 6.78. The van der Waals surface area contributed by atoms with Gasteiger partial charge in [-0.1, -0.05) is 25.1 Å². The molecule has 0 saturated carbocycles. The summed E-state index contributed by atoms with van der Waals surface area (Å²) >= 11 is 3.69. The fourth-order valence-electron chi connectivity index (χ4n) is 3.29. The zero-order valence-electron chi connectivity index (χ0n) is 13.9. The van der Waals surface area contributed by atoms with Crippen LogP contribution in [0.2, 0.25) is 0 Å². The minimum atomic E-state index is 0.306. The standard InChI is InChI=1S/C18H21N3OS2/c1-12(2)10-16-19-17(22-20-16)11-21-7-5-14-13(6-9-24-14)18(21)15-4-3-8-23-15/h3-4,6,8-9,12,18H,5,7,10-11H2,1-2H3/t18-/m0/s1. The van der Waals surface area contributed by atoms with Crippen molar-refractivity contribution in [1.82, 2.24) is 15.0 Å². The first-order valence-electron chi connectivity index (χ1n) is 8.36. The summed E-state index contributed by atoms with van der Waals surface area (Å²) in [7, 11) is 0. The first kappa shape index (κ1) is 16.0. The van der Waals surface area contributed by atoms with Crippen molar-refractivity contribution in [3.05, 3.63) is 56.0 Å². The van der Waals surface area contributed by atoms with E-state index >= 15 is 0 Å². The summed E-state index contributed by atoms with van der Waals surface area (Å²) < 4.78 is 5.51. The van der Waals surface area contributed by atoms with E-state index in [0.717, 1.165) is 31.1 Å². The van der Waals surface area contributed by atoms with Gasteiger partial charge in [-0.05, 0) is 40.8 Å². The van der Waals surface area contributed by atoms with Crippen molar-refractivity contribution in [3.8, 4) is 0 Å². The van der Waals surface area contributed by atoms with Crippen LogP contribution in [-0.2, 0) is 19.4 Å². The molecule has 0 aliphatic carbocycles. The van der Waals surface area contributed by atoms with Gasteiger partial charge in [-0.25, -0.2) is 0 Å². The minimum absolute atomic E-state index is 0.306. The highest BCUT2D eigenvalue weighted by atomic mass is 32.1. The molecule has 0 amide bonds. The van der Waals surface area contributed by atoms with Crippen LogP contribution < -0.4 is 0 Å². The highest BCUT2D eigenvalue weighted by molar-refractivity contribution is 7.10. The van der Waals surface area contributed by atoms with Crippen LogP contribution in [0.1, 0.15) is 46.9 Å². The Balaban J connectivity index is 1.59. The molecule has 0 saturated heterocycles. The van der Waals surface area contributed by atoms with Gasteiger partial charge in [0, 0.05) is 22.7 Å². The number of hydrogen-bond donors (Lipinski definition) is 0. The molecule has 1 aliphatic rings. The lowest BCUT2D eigenvalue weighted by atomic mass is 9.98. The smallest absolute Gasteiger partial charge is 0.240 e. The van der Waals surface area contributed by atoms with Crippen molar-refractivity contribution in [2.75, 3.05) is 6.54 Å². The second-order valence-corrected chi connectivity index (χ2v) is 8.62. The molecule has 6 heteroatoms. The van der Waals surface area contributed by atoms with Gasteiger partial charge in [0.15, 0.2) is 5.82 Å². The van der Waals surface area contributed by atoms with Crippen molar-refractivity contribution < 1.29 is 4.52 Å². The lowest BCUT2D eigenvalue weighted by Gasteiger charge is -2.34. The fourth-order valence-corrected chi connectivity index (χ4v) is 5.08. The van der Waals surface area contributed by atoms with E-state index in [-0.39, 0.29) is 0 Å². The molecule has 4 nitrogen and oxygen atoms in total. The van der Waals surface area contributed by atoms with Crippen LogP contribution in [0.15, 0.2) is 33.5 Å². The molecule has 0 N–H and O–H groups in total. The van der Waals surface area contributed by atoms with Gasteiger partial charge in [0.25, 0.3) is 0 Å². The molecule has 1 atom stereocenters. The maximum Gasteiger partial charge on any atom is 0.240 e. The quantitative estimate of drug-likeness (QED) is 0.671. The molecular formula is C18H21N3OS2. The number of thiophene rings is 2. The molecule has 0 unspecified atom stereocenters. The van der Waals surface area contributed by atoms with Crippen molar-refractivity contribution in [2.24, 2.45) is 5.92 Å². The maximum atomic E-state index is 5.51. The van der Waals surface area contributed by atoms with Gasteiger partial charge in [-0.3, -0.25) is 4.90 Å². The minimum Gasteiger partial charge on any atom is -0.338 e. The van der Waals surface area contributed by atoms with Gasteiger partial charge in [0.1, 0.15) is 0 Å². The van der Waals surface area contributed by atoms with Gasteiger partial charge in [0.2, 0.25) is 5.89 Å². The van der Waals surface area contributed by atoms with Crippen LogP contribution >= 0.6 is 22.7 Å². The fraction of sp³-hybridized carbons (Fsp3) is 0.444. The Morgan fingerprint density at radius 1 is 1.29 bits per heavy atom. The van der Waals surface area contributed by atoms with E-state index in [1.807, 2.05) is 22.7 Å². The van der Waals surface area contributed by atoms with Crippen molar-refractivity contribution in [1.29, 1.82) is 0 Å². The summed E-state index contributed by atoms with van der Waals surface area (Å²) in [6, 6.07) is 6.94. The van der Waals surface area contributed by atoms with E-state index in [2.05, 4.69) is 57.8 Å². The SMILES string of the molecule is CC(C)Cc1noc(CN2CCc3sccc3[C@H]2c2cccs2)n1.